The van der Waals surface area contributed by atoms with Crippen molar-refractivity contribution >= 4 is 11.3 Å². The van der Waals surface area contributed by atoms with Crippen LogP contribution in [0.4, 0.5) is 0 Å². The van der Waals surface area contributed by atoms with Gasteiger partial charge in [-0.15, -0.1) is 5.10 Å². The summed E-state index contributed by atoms with van der Waals surface area (Å²) in [5.41, 5.74) is 0. The molecule has 0 bridgehead atoms. The Balaban J connectivity index is 1.73. The highest BCUT2D eigenvalue weighted by Crippen LogP contribution is 2.25. The zero-order valence-electron chi connectivity index (χ0n) is 11.6. The number of hydrogen-bond acceptors (Lipinski definition) is 6. The van der Waals surface area contributed by atoms with Crippen LogP contribution in [0.1, 0.15) is 43.5 Å². The number of nitrogens with zero attached hydrogens (tertiary/aromatic N) is 2. The van der Waals surface area contributed by atoms with Crippen molar-refractivity contribution in [3.05, 3.63) is 5.01 Å². The normalized spacial score (nSPS) is 17.3. The lowest BCUT2D eigenvalue weighted by molar-refractivity contribution is 0.181. The summed E-state index contributed by atoms with van der Waals surface area (Å²) in [4.78, 5) is 0. The van der Waals surface area contributed by atoms with Crippen LogP contribution >= 0.6 is 11.3 Å². The summed E-state index contributed by atoms with van der Waals surface area (Å²) >= 11 is 1.54. The minimum atomic E-state index is 0.338. The smallest absolute Gasteiger partial charge is 0.294 e. The molecule has 1 fully saturated rings. The van der Waals surface area contributed by atoms with E-state index in [-0.39, 0.29) is 0 Å². The summed E-state index contributed by atoms with van der Waals surface area (Å²) in [6.07, 6.45) is 7.87. The standard InChI is InChI=1S/C13H23N3O2S/c1-17-9-8-14-10-12-15-16-13(19-12)18-11-6-4-2-3-5-7-11/h11,14H,2-10H2,1H3. The Morgan fingerprint density at radius 3 is 2.74 bits per heavy atom. The maximum atomic E-state index is 5.94. The highest BCUT2D eigenvalue weighted by Gasteiger charge is 2.15. The molecule has 1 aliphatic carbocycles. The van der Waals surface area contributed by atoms with Crippen molar-refractivity contribution in [3.63, 3.8) is 0 Å². The average Bonchev–Trinajstić information content (AvgIpc) is 2.69. The van der Waals surface area contributed by atoms with Gasteiger partial charge in [0.15, 0.2) is 0 Å². The molecule has 1 N–H and O–H groups in total. The largest absolute Gasteiger partial charge is 0.466 e. The zero-order valence-corrected chi connectivity index (χ0v) is 12.4. The van der Waals surface area contributed by atoms with Crippen molar-refractivity contribution in [2.45, 2.75) is 51.2 Å². The Morgan fingerprint density at radius 1 is 1.21 bits per heavy atom. The molecule has 0 radical (unpaired) electrons. The van der Waals surface area contributed by atoms with Crippen LogP contribution in [0.5, 0.6) is 5.19 Å². The Labute approximate surface area is 118 Å². The highest BCUT2D eigenvalue weighted by atomic mass is 32.1. The molecule has 0 spiro atoms. The first-order chi connectivity index (χ1) is 9.38. The number of rotatable bonds is 7. The summed E-state index contributed by atoms with van der Waals surface area (Å²) in [6.45, 7) is 2.27. The van der Waals surface area contributed by atoms with Crippen LogP contribution in [0.3, 0.4) is 0 Å². The van der Waals surface area contributed by atoms with Gasteiger partial charge in [0.05, 0.1) is 6.61 Å². The predicted molar refractivity (Wildman–Crippen MR) is 75.6 cm³/mol. The Morgan fingerprint density at radius 2 is 2.00 bits per heavy atom. The minimum Gasteiger partial charge on any atom is -0.466 e. The SMILES string of the molecule is COCCNCc1nnc(OC2CCCCCC2)s1. The molecule has 1 aromatic heterocycles. The first kappa shape index (κ1) is 14.7. The molecule has 2 rings (SSSR count). The fourth-order valence-electron chi connectivity index (χ4n) is 2.23. The molecule has 108 valence electrons. The molecule has 1 aromatic rings. The lowest BCUT2D eigenvalue weighted by atomic mass is 10.2. The van der Waals surface area contributed by atoms with Crippen LogP contribution < -0.4 is 10.1 Å². The third kappa shape index (κ3) is 5.42. The molecule has 0 aliphatic heterocycles. The van der Waals surface area contributed by atoms with Crippen LogP contribution in [0.15, 0.2) is 0 Å². The Kier molecular flexibility index (Phi) is 6.53. The summed E-state index contributed by atoms with van der Waals surface area (Å²) in [5.74, 6) is 0. The van der Waals surface area contributed by atoms with Gasteiger partial charge in [0.1, 0.15) is 11.1 Å². The number of ether oxygens (including phenoxy) is 2. The van der Waals surface area contributed by atoms with Crippen molar-refractivity contribution in [3.8, 4) is 5.19 Å². The third-order valence-corrected chi connectivity index (χ3v) is 4.09. The Hall–Kier alpha value is -0.720. The highest BCUT2D eigenvalue weighted by molar-refractivity contribution is 7.13. The lowest BCUT2D eigenvalue weighted by Gasteiger charge is -2.13. The summed E-state index contributed by atoms with van der Waals surface area (Å²) in [6, 6.07) is 0. The quantitative estimate of drug-likeness (QED) is 0.616. The third-order valence-electron chi connectivity index (χ3n) is 3.28. The fraction of sp³-hybridized carbons (Fsp3) is 0.846. The summed E-state index contributed by atoms with van der Waals surface area (Å²) in [7, 11) is 1.70. The van der Waals surface area contributed by atoms with Crippen LogP contribution in [-0.4, -0.2) is 36.6 Å². The maximum absolute atomic E-state index is 5.94. The van der Waals surface area contributed by atoms with E-state index in [1.54, 1.807) is 18.4 Å². The lowest BCUT2D eigenvalue weighted by Crippen LogP contribution is -2.18. The van der Waals surface area contributed by atoms with E-state index in [0.29, 0.717) is 12.7 Å². The van der Waals surface area contributed by atoms with Crippen LogP contribution in [-0.2, 0) is 11.3 Å². The second kappa shape index (κ2) is 8.45. The predicted octanol–water partition coefficient (Wildman–Crippen LogP) is 2.38. The first-order valence-electron chi connectivity index (χ1n) is 7.07. The number of nitrogens with one attached hydrogen (secondary N) is 1. The summed E-state index contributed by atoms with van der Waals surface area (Å²) < 4.78 is 10.9. The molecule has 0 aromatic carbocycles. The number of aromatic nitrogens is 2. The molecule has 0 atom stereocenters. The van der Waals surface area contributed by atoms with Gasteiger partial charge < -0.3 is 14.8 Å². The van der Waals surface area contributed by atoms with E-state index in [4.69, 9.17) is 9.47 Å². The maximum Gasteiger partial charge on any atom is 0.294 e. The van der Waals surface area contributed by atoms with E-state index in [1.165, 1.54) is 25.7 Å². The molecule has 1 heterocycles. The van der Waals surface area contributed by atoms with E-state index < -0.39 is 0 Å². The second-order valence-corrected chi connectivity index (χ2v) is 5.89. The monoisotopic (exact) mass is 285 g/mol. The molecule has 0 saturated heterocycles. The molecule has 6 heteroatoms. The van der Waals surface area contributed by atoms with Gasteiger partial charge in [0, 0.05) is 20.2 Å². The fourth-order valence-corrected chi connectivity index (χ4v) is 2.95. The van der Waals surface area contributed by atoms with Gasteiger partial charge in [0.25, 0.3) is 5.19 Å². The van der Waals surface area contributed by atoms with Crippen molar-refractivity contribution < 1.29 is 9.47 Å². The molecule has 0 unspecified atom stereocenters. The van der Waals surface area contributed by atoms with E-state index in [0.717, 1.165) is 36.1 Å². The average molecular weight is 285 g/mol. The molecular formula is C13H23N3O2S. The molecule has 1 aliphatic rings. The van der Waals surface area contributed by atoms with E-state index in [9.17, 15) is 0 Å². The van der Waals surface area contributed by atoms with Crippen molar-refractivity contribution in [2.75, 3.05) is 20.3 Å². The van der Waals surface area contributed by atoms with Crippen molar-refractivity contribution in [1.29, 1.82) is 0 Å². The summed E-state index contributed by atoms with van der Waals surface area (Å²) in [5, 5.41) is 13.2. The van der Waals surface area contributed by atoms with Gasteiger partial charge in [-0.05, 0) is 25.7 Å². The van der Waals surface area contributed by atoms with Gasteiger partial charge in [-0.2, -0.15) is 0 Å². The van der Waals surface area contributed by atoms with Crippen LogP contribution in [0.2, 0.25) is 0 Å². The van der Waals surface area contributed by atoms with Gasteiger partial charge in [-0.1, -0.05) is 29.3 Å². The molecule has 19 heavy (non-hydrogen) atoms. The minimum absolute atomic E-state index is 0.338. The molecular weight excluding hydrogens is 262 g/mol. The molecule has 1 saturated carbocycles. The van der Waals surface area contributed by atoms with E-state index in [1.807, 2.05) is 0 Å². The van der Waals surface area contributed by atoms with Gasteiger partial charge in [-0.3, -0.25) is 0 Å². The van der Waals surface area contributed by atoms with Crippen LogP contribution in [0.25, 0.3) is 0 Å². The second-order valence-electron chi connectivity index (χ2n) is 4.86. The number of hydrogen-bond donors (Lipinski definition) is 1. The zero-order chi connectivity index (χ0) is 13.3. The van der Waals surface area contributed by atoms with Gasteiger partial charge in [-0.25, -0.2) is 0 Å². The molecule has 0 amide bonds. The van der Waals surface area contributed by atoms with E-state index >= 15 is 0 Å². The van der Waals surface area contributed by atoms with Crippen molar-refractivity contribution in [2.24, 2.45) is 0 Å². The van der Waals surface area contributed by atoms with Gasteiger partial charge in [0.2, 0.25) is 0 Å². The van der Waals surface area contributed by atoms with Gasteiger partial charge >= 0.3 is 0 Å². The van der Waals surface area contributed by atoms with Crippen LogP contribution in [0, 0.1) is 0 Å². The van der Waals surface area contributed by atoms with Crippen molar-refractivity contribution in [1.82, 2.24) is 15.5 Å². The topological polar surface area (TPSA) is 56.3 Å². The van der Waals surface area contributed by atoms with E-state index in [2.05, 4.69) is 15.5 Å². The first-order valence-corrected chi connectivity index (χ1v) is 7.89. The number of methoxy groups -OCH3 is 1. The molecule has 5 nitrogen and oxygen atoms in total. The Bertz CT molecular complexity index is 351.